The van der Waals surface area contributed by atoms with E-state index >= 15 is 0 Å². The summed E-state index contributed by atoms with van der Waals surface area (Å²) in [6, 6.07) is 0. The van der Waals surface area contributed by atoms with Gasteiger partial charge >= 0.3 is 0 Å². The van der Waals surface area contributed by atoms with Crippen molar-refractivity contribution < 1.29 is 0 Å². The van der Waals surface area contributed by atoms with Crippen molar-refractivity contribution in [2.24, 2.45) is 7.05 Å². The number of hydrogen-bond donors (Lipinski definition) is 1. The Kier molecular flexibility index (Phi) is 4.42. The molecule has 0 saturated heterocycles. The van der Waals surface area contributed by atoms with E-state index in [0.29, 0.717) is 0 Å². The first-order chi connectivity index (χ1) is 9.04. The Labute approximate surface area is 122 Å². The van der Waals surface area contributed by atoms with Crippen LogP contribution in [0, 0.1) is 13.8 Å². The van der Waals surface area contributed by atoms with Gasteiger partial charge in [-0.2, -0.15) is 10.2 Å². The van der Waals surface area contributed by atoms with Gasteiger partial charge in [0, 0.05) is 24.8 Å². The fourth-order valence-corrected chi connectivity index (χ4v) is 2.53. The fourth-order valence-electron chi connectivity index (χ4n) is 2.07. The summed E-state index contributed by atoms with van der Waals surface area (Å²) in [5, 5.41) is 12.2. The maximum Gasteiger partial charge on any atom is 0.0842 e. The molecule has 0 aliphatic carbocycles. The Morgan fingerprint density at radius 3 is 2.68 bits per heavy atom. The van der Waals surface area contributed by atoms with E-state index < -0.39 is 0 Å². The number of aryl methyl sites for hydroxylation is 2. The van der Waals surface area contributed by atoms with Gasteiger partial charge in [-0.25, -0.2) is 0 Å². The van der Waals surface area contributed by atoms with Gasteiger partial charge in [0.2, 0.25) is 0 Å². The van der Waals surface area contributed by atoms with Crippen molar-refractivity contribution >= 4 is 15.9 Å². The average Bonchev–Trinajstić information content (AvgIpc) is 2.83. The molecule has 2 heterocycles. The molecule has 2 rings (SSSR count). The summed E-state index contributed by atoms with van der Waals surface area (Å²) in [5.74, 6) is 0. The molecule has 0 unspecified atom stereocenters. The van der Waals surface area contributed by atoms with E-state index in [1.807, 2.05) is 29.5 Å². The molecule has 0 spiro atoms. The van der Waals surface area contributed by atoms with Gasteiger partial charge < -0.3 is 5.32 Å². The summed E-state index contributed by atoms with van der Waals surface area (Å²) in [7, 11) is 1.96. The van der Waals surface area contributed by atoms with Gasteiger partial charge in [-0.1, -0.05) is 6.92 Å². The number of aromatic nitrogens is 4. The number of nitrogens with one attached hydrogen (secondary N) is 1. The molecule has 2 aromatic heterocycles. The highest BCUT2D eigenvalue weighted by atomic mass is 79.9. The van der Waals surface area contributed by atoms with Crippen molar-refractivity contribution in [3.63, 3.8) is 0 Å². The lowest BCUT2D eigenvalue weighted by Crippen LogP contribution is -2.13. The lowest BCUT2D eigenvalue weighted by atomic mass is 10.2. The molecule has 0 aliphatic heterocycles. The predicted molar refractivity (Wildman–Crippen MR) is 79.1 cm³/mol. The van der Waals surface area contributed by atoms with Crippen molar-refractivity contribution in [3.8, 4) is 0 Å². The molecule has 0 fully saturated rings. The van der Waals surface area contributed by atoms with Crippen LogP contribution in [0.15, 0.2) is 10.7 Å². The van der Waals surface area contributed by atoms with E-state index in [1.165, 1.54) is 11.3 Å². The van der Waals surface area contributed by atoms with Crippen LogP contribution in [0.3, 0.4) is 0 Å². The van der Waals surface area contributed by atoms with Crippen molar-refractivity contribution in [1.82, 2.24) is 24.9 Å². The quantitative estimate of drug-likeness (QED) is 0.916. The van der Waals surface area contributed by atoms with Crippen molar-refractivity contribution in [1.29, 1.82) is 0 Å². The molecule has 0 atom stereocenters. The number of halogens is 1. The minimum absolute atomic E-state index is 0.732. The Hall–Kier alpha value is -1.14. The van der Waals surface area contributed by atoms with Crippen LogP contribution in [-0.4, -0.2) is 26.1 Å². The van der Waals surface area contributed by atoms with Crippen LogP contribution in [0.1, 0.15) is 29.6 Å². The third-order valence-corrected chi connectivity index (χ3v) is 4.36. The van der Waals surface area contributed by atoms with Gasteiger partial charge in [-0.05, 0) is 36.3 Å². The molecule has 19 heavy (non-hydrogen) atoms. The summed E-state index contributed by atoms with van der Waals surface area (Å²) in [5.41, 5.74) is 4.59. The fraction of sp³-hybridized carbons (Fsp3) is 0.538. The zero-order valence-electron chi connectivity index (χ0n) is 11.9. The standard InChI is InChI=1S/C13H20BrN5/c1-5-15-6-11-7-16-19(10(11)3)8-12-13(14)9(2)17-18(12)4/h7,15H,5-6,8H2,1-4H3. The van der Waals surface area contributed by atoms with Gasteiger partial charge in [-0.15, -0.1) is 0 Å². The summed E-state index contributed by atoms with van der Waals surface area (Å²) in [6.07, 6.45) is 1.94. The first kappa shape index (κ1) is 14.3. The van der Waals surface area contributed by atoms with Gasteiger partial charge in [0.25, 0.3) is 0 Å². The first-order valence-corrected chi connectivity index (χ1v) is 7.23. The molecule has 5 nitrogen and oxygen atoms in total. The minimum atomic E-state index is 0.732. The molecule has 2 aromatic rings. The second-order valence-corrected chi connectivity index (χ2v) is 5.46. The Morgan fingerprint density at radius 1 is 1.37 bits per heavy atom. The van der Waals surface area contributed by atoms with Crippen LogP contribution < -0.4 is 5.32 Å². The largest absolute Gasteiger partial charge is 0.313 e. The number of rotatable bonds is 5. The molecule has 0 saturated carbocycles. The highest BCUT2D eigenvalue weighted by molar-refractivity contribution is 9.10. The van der Waals surface area contributed by atoms with E-state index in [2.05, 4.69) is 45.3 Å². The minimum Gasteiger partial charge on any atom is -0.313 e. The SMILES string of the molecule is CCNCc1cnn(Cc2c(Br)c(C)nn2C)c1C. The van der Waals surface area contributed by atoms with Crippen molar-refractivity contribution in [2.45, 2.75) is 33.9 Å². The lowest BCUT2D eigenvalue weighted by Gasteiger charge is -2.07. The van der Waals surface area contributed by atoms with E-state index in [-0.39, 0.29) is 0 Å². The smallest absolute Gasteiger partial charge is 0.0842 e. The lowest BCUT2D eigenvalue weighted by molar-refractivity contribution is 0.603. The second-order valence-electron chi connectivity index (χ2n) is 4.66. The van der Waals surface area contributed by atoms with Crippen molar-refractivity contribution in [3.05, 3.63) is 33.3 Å². The molecule has 0 aliphatic rings. The maximum atomic E-state index is 4.47. The zero-order chi connectivity index (χ0) is 14.0. The topological polar surface area (TPSA) is 47.7 Å². The third-order valence-electron chi connectivity index (χ3n) is 3.33. The van der Waals surface area contributed by atoms with Crippen LogP contribution in [0.25, 0.3) is 0 Å². The van der Waals surface area contributed by atoms with E-state index in [1.54, 1.807) is 0 Å². The zero-order valence-corrected chi connectivity index (χ0v) is 13.5. The Morgan fingerprint density at radius 2 is 2.11 bits per heavy atom. The van der Waals surface area contributed by atoms with Crippen LogP contribution in [0.4, 0.5) is 0 Å². The van der Waals surface area contributed by atoms with Crippen LogP contribution in [-0.2, 0) is 20.1 Å². The molecule has 0 bridgehead atoms. The van der Waals surface area contributed by atoms with Crippen LogP contribution >= 0.6 is 15.9 Å². The molecular weight excluding hydrogens is 306 g/mol. The van der Waals surface area contributed by atoms with E-state index in [0.717, 1.165) is 35.5 Å². The van der Waals surface area contributed by atoms with Gasteiger partial charge in [0.15, 0.2) is 0 Å². The number of hydrogen-bond acceptors (Lipinski definition) is 3. The highest BCUT2D eigenvalue weighted by Crippen LogP contribution is 2.21. The van der Waals surface area contributed by atoms with E-state index in [4.69, 9.17) is 0 Å². The predicted octanol–water partition coefficient (Wildman–Crippen LogP) is 2.15. The normalized spacial score (nSPS) is 11.2. The molecule has 1 N–H and O–H groups in total. The molecule has 0 radical (unpaired) electrons. The summed E-state index contributed by atoms with van der Waals surface area (Å²) >= 11 is 3.60. The van der Waals surface area contributed by atoms with Crippen LogP contribution in [0.2, 0.25) is 0 Å². The molecule has 104 valence electrons. The van der Waals surface area contributed by atoms with Gasteiger partial charge in [0.1, 0.15) is 0 Å². The maximum absolute atomic E-state index is 4.47. The molecule has 0 amide bonds. The Balaban J connectivity index is 2.22. The first-order valence-electron chi connectivity index (χ1n) is 6.44. The second kappa shape index (κ2) is 5.88. The molecule has 0 aromatic carbocycles. The molecule has 6 heteroatoms. The van der Waals surface area contributed by atoms with Crippen molar-refractivity contribution in [2.75, 3.05) is 6.54 Å². The number of nitrogens with zero attached hydrogens (tertiary/aromatic N) is 4. The summed E-state index contributed by atoms with van der Waals surface area (Å²) < 4.78 is 5.00. The third kappa shape index (κ3) is 2.90. The molecular formula is C13H20BrN5. The van der Waals surface area contributed by atoms with E-state index in [9.17, 15) is 0 Å². The monoisotopic (exact) mass is 325 g/mol. The van der Waals surface area contributed by atoms with Gasteiger partial charge in [-0.3, -0.25) is 9.36 Å². The Bertz CT molecular complexity index is 570. The summed E-state index contributed by atoms with van der Waals surface area (Å²) in [6.45, 7) is 8.78. The van der Waals surface area contributed by atoms with Crippen LogP contribution in [0.5, 0.6) is 0 Å². The average molecular weight is 326 g/mol. The summed E-state index contributed by atoms with van der Waals surface area (Å²) in [4.78, 5) is 0. The highest BCUT2D eigenvalue weighted by Gasteiger charge is 2.13. The van der Waals surface area contributed by atoms with Gasteiger partial charge in [0.05, 0.1) is 28.6 Å².